The quantitative estimate of drug-likeness (QED) is 0.182. The van der Waals surface area contributed by atoms with Gasteiger partial charge in [0.15, 0.2) is 12.0 Å². The predicted octanol–water partition coefficient (Wildman–Crippen LogP) is 8.62. The maximum Gasteiger partial charge on any atom is 0.185 e. The SMILES string of the molecule is CCCCCCCCCCCCCCCCOc1ccc(-c2ccc(C=O)o2)cc1. The van der Waals surface area contributed by atoms with Crippen molar-refractivity contribution in [1.29, 1.82) is 0 Å². The number of rotatable bonds is 18. The third-order valence-electron chi connectivity index (χ3n) is 5.65. The van der Waals surface area contributed by atoms with Gasteiger partial charge in [-0.25, -0.2) is 0 Å². The zero-order valence-corrected chi connectivity index (χ0v) is 18.9. The Kier molecular flexibility index (Phi) is 12.7. The van der Waals surface area contributed by atoms with Gasteiger partial charge >= 0.3 is 0 Å². The van der Waals surface area contributed by atoms with Crippen LogP contribution in [0, 0.1) is 0 Å². The first-order valence-electron chi connectivity index (χ1n) is 12.1. The van der Waals surface area contributed by atoms with Crippen molar-refractivity contribution in [2.24, 2.45) is 0 Å². The van der Waals surface area contributed by atoms with E-state index in [4.69, 9.17) is 9.15 Å². The molecule has 1 aromatic carbocycles. The normalized spacial score (nSPS) is 11.0. The summed E-state index contributed by atoms with van der Waals surface area (Å²) in [5.41, 5.74) is 0.951. The van der Waals surface area contributed by atoms with E-state index in [0.717, 1.165) is 30.6 Å². The standard InChI is InChI=1S/C27H40O3/c1-2-3-4-5-6-7-8-9-10-11-12-13-14-15-22-29-25-18-16-24(17-19-25)27-21-20-26(23-28)30-27/h16-21,23H,2-15,22H2,1H3. The van der Waals surface area contributed by atoms with E-state index in [2.05, 4.69) is 6.92 Å². The molecule has 0 saturated heterocycles. The molecule has 0 aliphatic rings. The Morgan fingerprint density at radius 1 is 0.700 bits per heavy atom. The topological polar surface area (TPSA) is 39.4 Å². The van der Waals surface area contributed by atoms with Crippen LogP contribution in [0.1, 0.15) is 107 Å². The molecule has 2 rings (SSSR count). The molecule has 30 heavy (non-hydrogen) atoms. The van der Waals surface area contributed by atoms with Crippen LogP contribution in [-0.4, -0.2) is 12.9 Å². The van der Waals surface area contributed by atoms with Gasteiger partial charge in [0, 0.05) is 5.56 Å². The largest absolute Gasteiger partial charge is 0.494 e. The van der Waals surface area contributed by atoms with Gasteiger partial charge in [-0.2, -0.15) is 0 Å². The van der Waals surface area contributed by atoms with Gasteiger partial charge in [-0.3, -0.25) is 4.79 Å². The molecule has 0 radical (unpaired) electrons. The van der Waals surface area contributed by atoms with Crippen molar-refractivity contribution in [2.45, 2.75) is 96.8 Å². The highest BCUT2D eigenvalue weighted by molar-refractivity contribution is 5.72. The molecule has 0 unspecified atom stereocenters. The number of hydrogen-bond donors (Lipinski definition) is 0. The number of hydrogen-bond acceptors (Lipinski definition) is 3. The Bertz CT molecular complexity index is 672. The number of aldehydes is 1. The first kappa shape index (κ1) is 24.2. The van der Waals surface area contributed by atoms with Crippen LogP contribution in [0.5, 0.6) is 5.75 Å². The summed E-state index contributed by atoms with van der Waals surface area (Å²) in [6.07, 6.45) is 19.9. The number of carbonyl (C=O) groups is 1. The van der Waals surface area contributed by atoms with Crippen molar-refractivity contribution in [3.63, 3.8) is 0 Å². The van der Waals surface area contributed by atoms with Crippen LogP contribution in [0.2, 0.25) is 0 Å². The van der Waals surface area contributed by atoms with Gasteiger partial charge in [0.25, 0.3) is 0 Å². The average Bonchev–Trinajstić information content (AvgIpc) is 3.26. The van der Waals surface area contributed by atoms with E-state index in [1.54, 1.807) is 6.07 Å². The first-order valence-corrected chi connectivity index (χ1v) is 12.1. The van der Waals surface area contributed by atoms with Crippen LogP contribution in [0.25, 0.3) is 11.3 Å². The lowest BCUT2D eigenvalue weighted by molar-refractivity contribution is 0.110. The minimum Gasteiger partial charge on any atom is -0.494 e. The molecule has 0 aliphatic carbocycles. The molecule has 0 fully saturated rings. The van der Waals surface area contributed by atoms with Gasteiger partial charge in [-0.05, 0) is 42.8 Å². The van der Waals surface area contributed by atoms with Crippen LogP contribution >= 0.6 is 0 Å². The van der Waals surface area contributed by atoms with Crippen LogP contribution in [0.3, 0.4) is 0 Å². The molecule has 1 aromatic heterocycles. The Balaban J connectivity index is 1.41. The molecular formula is C27H40O3. The van der Waals surface area contributed by atoms with Crippen LogP contribution < -0.4 is 4.74 Å². The second-order valence-corrected chi connectivity index (χ2v) is 8.29. The second kappa shape index (κ2) is 15.8. The zero-order chi connectivity index (χ0) is 21.3. The van der Waals surface area contributed by atoms with Crippen LogP contribution in [-0.2, 0) is 0 Å². The summed E-state index contributed by atoms with van der Waals surface area (Å²) >= 11 is 0. The van der Waals surface area contributed by atoms with E-state index < -0.39 is 0 Å². The minimum atomic E-state index is 0.350. The molecule has 0 bridgehead atoms. The minimum absolute atomic E-state index is 0.350. The lowest BCUT2D eigenvalue weighted by atomic mass is 10.0. The molecule has 3 nitrogen and oxygen atoms in total. The van der Waals surface area contributed by atoms with Gasteiger partial charge in [-0.15, -0.1) is 0 Å². The summed E-state index contributed by atoms with van der Waals surface area (Å²) in [6, 6.07) is 11.4. The maximum atomic E-state index is 10.7. The fraction of sp³-hybridized carbons (Fsp3) is 0.593. The number of carbonyl (C=O) groups excluding carboxylic acids is 1. The van der Waals surface area contributed by atoms with Crippen molar-refractivity contribution in [3.05, 3.63) is 42.2 Å². The van der Waals surface area contributed by atoms with E-state index >= 15 is 0 Å². The Hall–Kier alpha value is -2.03. The van der Waals surface area contributed by atoms with E-state index in [9.17, 15) is 4.79 Å². The summed E-state index contributed by atoms with van der Waals surface area (Å²) in [5, 5.41) is 0. The van der Waals surface area contributed by atoms with Crippen molar-refractivity contribution < 1.29 is 13.9 Å². The Morgan fingerprint density at radius 3 is 1.73 bits per heavy atom. The van der Waals surface area contributed by atoms with Gasteiger partial charge in [-0.1, -0.05) is 90.4 Å². The van der Waals surface area contributed by atoms with Crippen molar-refractivity contribution in [1.82, 2.24) is 0 Å². The fourth-order valence-electron chi connectivity index (χ4n) is 3.77. The van der Waals surface area contributed by atoms with Crippen molar-refractivity contribution in [3.8, 4) is 17.1 Å². The second-order valence-electron chi connectivity index (χ2n) is 8.29. The predicted molar refractivity (Wildman–Crippen MR) is 125 cm³/mol. The number of benzene rings is 1. The number of furan rings is 1. The molecule has 0 aliphatic heterocycles. The van der Waals surface area contributed by atoms with Gasteiger partial charge in [0.05, 0.1) is 6.61 Å². The van der Waals surface area contributed by atoms with E-state index in [1.165, 1.54) is 83.5 Å². The molecule has 0 atom stereocenters. The third-order valence-corrected chi connectivity index (χ3v) is 5.65. The molecule has 1 heterocycles. The smallest absolute Gasteiger partial charge is 0.185 e. The lowest BCUT2D eigenvalue weighted by Crippen LogP contribution is -1.97. The van der Waals surface area contributed by atoms with Crippen LogP contribution in [0.4, 0.5) is 0 Å². The number of unbranched alkanes of at least 4 members (excludes halogenated alkanes) is 13. The first-order chi connectivity index (χ1) is 14.8. The monoisotopic (exact) mass is 412 g/mol. The molecule has 0 N–H and O–H groups in total. The summed E-state index contributed by atoms with van der Waals surface area (Å²) in [7, 11) is 0. The highest BCUT2D eigenvalue weighted by Gasteiger charge is 2.04. The molecule has 166 valence electrons. The van der Waals surface area contributed by atoms with Crippen LogP contribution in [0.15, 0.2) is 40.8 Å². The van der Waals surface area contributed by atoms with E-state index in [-0.39, 0.29) is 0 Å². The Labute approximate surface area is 183 Å². The van der Waals surface area contributed by atoms with E-state index in [0.29, 0.717) is 11.5 Å². The van der Waals surface area contributed by atoms with Gasteiger partial charge < -0.3 is 9.15 Å². The molecule has 0 spiro atoms. The average molecular weight is 413 g/mol. The highest BCUT2D eigenvalue weighted by atomic mass is 16.5. The molecule has 2 aromatic rings. The zero-order valence-electron chi connectivity index (χ0n) is 18.9. The number of ether oxygens (including phenoxy) is 1. The van der Waals surface area contributed by atoms with Gasteiger partial charge in [0.2, 0.25) is 0 Å². The van der Waals surface area contributed by atoms with Crippen molar-refractivity contribution in [2.75, 3.05) is 6.61 Å². The summed E-state index contributed by atoms with van der Waals surface area (Å²) in [5.74, 6) is 1.94. The third kappa shape index (κ3) is 10.1. The van der Waals surface area contributed by atoms with Gasteiger partial charge in [0.1, 0.15) is 11.5 Å². The summed E-state index contributed by atoms with van der Waals surface area (Å²) in [4.78, 5) is 10.7. The summed E-state index contributed by atoms with van der Waals surface area (Å²) in [6.45, 7) is 3.05. The summed E-state index contributed by atoms with van der Waals surface area (Å²) < 4.78 is 11.3. The highest BCUT2D eigenvalue weighted by Crippen LogP contribution is 2.24. The fourth-order valence-corrected chi connectivity index (χ4v) is 3.77. The molecule has 0 saturated carbocycles. The maximum absolute atomic E-state index is 10.7. The molecule has 0 amide bonds. The van der Waals surface area contributed by atoms with E-state index in [1.807, 2.05) is 30.3 Å². The molecule has 3 heteroatoms. The van der Waals surface area contributed by atoms with Crippen molar-refractivity contribution >= 4 is 6.29 Å². The molecular weight excluding hydrogens is 372 g/mol. The Morgan fingerprint density at radius 2 is 1.23 bits per heavy atom. The lowest BCUT2D eigenvalue weighted by Gasteiger charge is -2.07.